The lowest BCUT2D eigenvalue weighted by atomic mass is 9.88. The van der Waals surface area contributed by atoms with Crippen LogP contribution < -0.4 is 4.74 Å². The summed E-state index contributed by atoms with van der Waals surface area (Å²) >= 11 is 6.24. The maximum Gasteiger partial charge on any atom is 0.255 e. The summed E-state index contributed by atoms with van der Waals surface area (Å²) in [7, 11) is 1.63. The van der Waals surface area contributed by atoms with E-state index >= 15 is 0 Å². The Morgan fingerprint density at radius 2 is 1.72 bits per heavy atom. The molecule has 2 amide bonds. The van der Waals surface area contributed by atoms with Crippen LogP contribution in [-0.4, -0.2) is 54.9 Å². The van der Waals surface area contributed by atoms with E-state index in [1.165, 1.54) is 0 Å². The predicted octanol–water partition coefficient (Wildman–Crippen LogP) is 4.07. The zero-order valence-corrected chi connectivity index (χ0v) is 17.9. The number of methoxy groups -OCH3 is 1. The molecule has 29 heavy (non-hydrogen) atoms. The van der Waals surface area contributed by atoms with E-state index in [0.29, 0.717) is 36.8 Å². The molecule has 0 aromatic heterocycles. The summed E-state index contributed by atoms with van der Waals surface area (Å²) < 4.78 is 5.26. The summed E-state index contributed by atoms with van der Waals surface area (Å²) in [5, 5.41) is 0.428. The van der Waals surface area contributed by atoms with E-state index in [1.807, 2.05) is 43.0 Å². The highest BCUT2D eigenvalue weighted by Crippen LogP contribution is 2.36. The van der Waals surface area contributed by atoms with Gasteiger partial charge >= 0.3 is 0 Å². The van der Waals surface area contributed by atoms with Crippen molar-refractivity contribution in [1.29, 1.82) is 0 Å². The number of nitrogens with zero attached hydrogens (tertiary/aromatic N) is 2. The molecule has 1 aliphatic rings. The highest BCUT2D eigenvalue weighted by atomic mass is 35.5. The van der Waals surface area contributed by atoms with Crippen LogP contribution in [0.5, 0.6) is 5.75 Å². The zero-order chi connectivity index (χ0) is 21.0. The van der Waals surface area contributed by atoms with Crippen molar-refractivity contribution in [3.05, 3.63) is 64.7 Å². The maximum atomic E-state index is 13.2. The normalized spacial score (nSPS) is 18.6. The van der Waals surface area contributed by atoms with Crippen LogP contribution in [0, 0.1) is 5.92 Å². The van der Waals surface area contributed by atoms with Crippen molar-refractivity contribution in [2.75, 3.05) is 33.3 Å². The van der Waals surface area contributed by atoms with Crippen LogP contribution in [0.25, 0.3) is 0 Å². The lowest BCUT2D eigenvalue weighted by Gasteiger charge is -2.25. The maximum absolute atomic E-state index is 13.2. The number of carbonyl (C=O) groups is 2. The molecule has 1 fully saturated rings. The number of benzene rings is 2. The first-order chi connectivity index (χ1) is 14.0. The summed E-state index contributed by atoms with van der Waals surface area (Å²) in [6.07, 6.45) is 0. The summed E-state index contributed by atoms with van der Waals surface area (Å²) in [5.74, 6) is 0.367. The Hall–Kier alpha value is -2.53. The van der Waals surface area contributed by atoms with Crippen molar-refractivity contribution in [2.45, 2.75) is 19.8 Å². The van der Waals surface area contributed by atoms with E-state index in [1.54, 1.807) is 36.3 Å². The Bertz CT molecular complexity index is 865. The largest absolute Gasteiger partial charge is 0.497 e. The average molecular weight is 415 g/mol. The van der Waals surface area contributed by atoms with Gasteiger partial charge in [0.2, 0.25) is 5.91 Å². The average Bonchev–Trinajstić information content (AvgIpc) is 3.20. The quantitative estimate of drug-likeness (QED) is 0.715. The molecular formula is C23H27ClN2O3. The van der Waals surface area contributed by atoms with Gasteiger partial charge in [0.15, 0.2) is 0 Å². The summed E-state index contributed by atoms with van der Waals surface area (Å²) in [5.41, 5.74) is 1.50. The van der Waals surface area contributed by atoms with Crippen LogP contribution in [0.15, 0.2) is 48.5 Å². The second kappa shape index (κ2) is 9.31. The molecule has 6 heteroatoms. The lowest BCUT2D eigenvalue weighted by Crippen LogP contribution is -2.39. The third kappa shape index (κ3) is 4.40. The standard InChI is InChI=1S/C23H27ClN2O3/c1-4-25(5-2)23(28)20-15-26(22(27)18-8-6-7-9-21(18)24)14-19(20)16-10-12-17(29-3)13-11-16/h6-13,19-20H,4-5,14-15H2,1-3H3/t19-,20-/m0/s1. The first kappa shape index (κ1) is 21.2. The molecule has 0 radical (unpaired) electrons. The molecule has 0 aliphatic carbocycles. The Labute approximate surface area is 177 Å². The van der Waals surface area contributed by atoms with E-state index in [2.05, 4.69) is 0 Å². The molecular weight excluding hydrogens is 388 g/mol. The monoisotopic (exact) mass is 414 g/mol. The fourth-order valence-electron chi connectivity index (χ4n) is 3.98. The number of ether oxygens (including phenoxy) is 1. The van der Waals surface area contributed by atoms with Crippen molar-refractivity contribution in [2.24, 2.45) is 5.92 Å². The van der Waals surface area contributed by atoms with Crippen LogP contribution in [0.4, 0.5) is 0 Å². The topological polar surface area (TPSA) is 49.9 Å². The molecule has 1 aliphatic heterocycles. The smallest absolute Gasteiger partial charge is 0.255 e. The van der Waals surface area contributed by atoms with Crippen molar-refractivity contribution in [3.63, 3.8) is 0 Å². The number of halogens is 1. The second-order valence-corrected chi connectivity index (χ2v) is 7.59. The minimum absolute atomic E-state index is 0.0690. The van der Waals surface area contributed by atoms with Gasteiger partial charge in [-0.3, -0.25) is 9.59 Å². The molecule has 2 aromatic rings. The van der Waals surface area contributed by atoms with Gasteiger partial charge in [0, 0.05) is 32.1 Å². The number of hydrogen-bond donors (Lipinski definition) is 0. The van der Waals surface area contributed by atoms with Gasteiger partial charge in [-0.15, -0.1) is 0 Å². The summed E-state index contributed by atoms with van der Waals surface area (Å²) in [6, 6.07) is 14.8. The lowest BCUT2D eigenvalue weighted by molar-refractivity contribution is -0.135. The van der Waals surface area contributed by atoms with Gasteiger partial charge in [-0.2, -0.15) is 0 Å². The Morgan fingerprint density at radius 3 is 2.31 bits per heavy atom. The first-order valence-corrected chi connectivity index (χ1v) is 10.3. The third-order valence-corrected chi connectivity index (χ3v) is 5.98. The van der Waals surface area contributed by atoms with Crippen molar-refractivity contribution in [1.82, 2.24) is 9.80 Å². The zero-order valence-electron chi connectivity index (χ0n) is 17.1. The molecule has 1 heterocycles. The van der Waals surface area contributed by atoms with Crippen LogP contribution in [0.1, 0.15) is 35.7 Å². The number of amides is 2. The minimum atomic E-state index is -0.283. The molecule has 1 saturated heterocycles. The molecule has 0 spiro atoms. The Balaban J connectivity index is 1.91. The van der Waals surface area contributed by atoms with Crippen LogP contribution in [0.3, 0.4) is 0 Å². The van der Waals surface area contributed by atoms with E-state index in [4.69, 9.17) is 16.3 Å². The van der Waals surface area contributed by atoms with Gasteiger partial charge in [0.1, 0.15) is 5.75 Å². The Kier molecular flexibility index (Phi) is 6.80. The van der Waals surface area contributed by atoms with E-state index in [0.717, 1.165) is 11.3 Å². The first-order valence-electron chi connectivity index (χ1n) is 9.96. The van der Waals surface area contributed by atoms with Crippen molar-refractivity contribution >= 4 is 23.4 Å². The molecule has 0 bridgehead atoms. The van der Waals surface area contributed by atoms with Crippen LogP contribution >= 0.6 is 11.6 Å². The van der Waals surface area contributed by atoms with Gasteiger partial charge in [0.05, 0.1) is 23.6 Å². The highest BCUT2D eigenvalue weighted by molar-refractivity contribution is 6.33. The molecule has 0 N–H and O–H groups in total. The molecule has 2 atom stereocenters. The van der Waals surface area contributed by atoms with Crippen molar-refractivity contribution in [3.8, 4) is 5.75 Å². The number of hydrogen-bond acceptors (Lipinski definition) is 3. The SMILES string of the molecule is CCN(CC)C(=O)[C@H]1CN(C(=O)c2ccccc2Cl)C[C@H]1c1ccc(OC)cc1. The van der Waals surface area contributed by atoms with Gasteiger partial charge in [-0.05, 0) is 43.7 Å². The molecule has 154 valence electrons. The number of carbonyl (C=O) groups excluding carboxylic acids is 2. The summed E-state index contributed by atoms with van der Waals surface area (Å²) in [4.78, 5) is 29.9. The van der Waals surface area contributed by atoms with E-state index in [-0.39, 0.29) is 23.7 Å². The van der Waals surface area contributed by atoms with Crippen LogP contribution in [-0.2, 0) is 4.79 Å². The van der Waals surface area contributed by atoms with Crippen LogP contribution in [0.2, 0.25) is 5.02 Å². The van der Waals surface area contributed by atoms with E-state index in [9.17, 15) is 9.59 Å². The predicted molar refractivity (Wildman–Crippen MR) is 115 cm³/mol. The van der Waals surface area contributed by atoms with Gasteiger partial charge in [-0.1, -0.05) is 35.9 Å². The van der Waals surface area contributed by atoms with Gasteiger partial charge < -0.3 is 14.5 Å². The van der Waals surface area contributed by atoms with Gasteiger partial charge in [0.25, 0.3) is 5.91 Å². The number of likely N-dealkylation sites (tertiary alicyclic amines) is 1. The minimum Gasteiger partial charge on any atom is -0.497 e. The van der Waals surface area contributed by atoms with Gasteiger partial charge in [-0.25, -0.2) is 0 Å². The molecule has 3 rings (SSSR count). The van der Waals surface area contributed by atoms with Crippen molar-refractivity contribution < 1.29 is 14.3 Å². The fraction of sp³-hybridized carbons (Fsp3) is 0.391. The molecule has 5 nitrogen and oxygen atoms in total. The fourth-order valence-corrected chi connectivity index (χ4v) is 4.20. The second-order valence-electron chi connectivity index (χ2n) is 7.19. The Morgan fingerprint density at radius 1 is 1.07 bits per heavy atom. The summed E-state index contributed by atoms with van der Waals surface area (Å²) in [6.45, 7) is 6.13. The molecule has 0 unspecified atom stereocenters. The number of rotatable bonds is 6. The highest BCUT2D eigenvalue weighted by Gasteiger charge is 2.42. The van der Waals surface area contributed by atoms with E-state index < -0.39 is 0 Å². The molecule has 0 saturated carbocycles. The third-order valence-electron chi connectivity index (χ3n) is 5.65. The molecule has 2 aromatic carbocycles.